The number of likely N-dealkylation sites (tertiary alicyclic amines) is 1. The van der Waals surface area contributed by atoms with Crippen molar-refractivity contribution >= 4 is 28.7 Å². The molecule has 1 aliphatic heterocycles. The number of anilines is 1. The number of aliphatic hydroxyl groups is 2. The van der Waals surface area contributed by atoms with E-state index in [1.54, 1.807) is 18.2 Å². The molecule has 10 heteroatoms. The van der Waals surface area contributed by atoms with Crippen molar-refractivity contribution in [3.63, 3.8) is 0 Å². The van der Waals surface area contributed by atoms with Gasteiger partial charge in [0.05, 0.1) is 11.0 Å². The molecule has 1 fully saturated rings. The first-order chi connectivity index (χ1) is 14.9. The first kappa shape index (κ1) is 20.8. The van der Waals surface area contributed by atoms with Crippen molar-refractivity contribution in [1.29, 1.82) is 0 Å². The van der Waals surface area contributed by atoms with Gasteiger partial charge in [0.15, 0.2) is 6.10 Å². The second-order valence-corrected chi connectivity index (χ2v) is 7.40. The van der Waals surface area contributed by atoms with Gasteiger partial charge < -0.3 is 30.7 Å². The Morgan fingerprint density at radius 2 is 1.90 bits per heavy atom. The van der Waals surface area contributed by atoms with E-state index in [0.29, 0.717) is 29.7 Å². The van der Waals surface area contributed by atoms with Crippen LogP contribution in [0.5, 0.6) is 0 Å². The molecule has 1 aromatic heterocycles. The van der Waals surface area contributed by atoms with Crippen molar-refractivity contribution in [3.05, 3.63) is 60.2 Å². The number of nitrogens with zero attached hydrogens (tertiary/aromatic N) is 2. The smallest absolute Gasteiger partial charge is 0.319 e. The molecule has 2 aromatic carbocycles. The molecule has 31 heavy (non-hydrogen) atoms. The Hall–Kier alpha value is -3.50. The number of aromatic nitrogens is 2. The van der Waals surface area contributed by atoms with Crippen LogP contribution in [0.15, 0.2) is 48.5 Å². The molecule has 3 atom stereocenters. The Balaban J connectivity index is 1.32. The number of hydrogen-bond donors (Lipinski definition) is 5. The Morgan fingerprint density at radius 1 is 1.16 bits per heavy atom. The zero-order chi connectivity index (χ0) is 22.0. The third-order valence-electron chi connectivity index (χ3n) is 5.18. The highest BCUT2D eigenvalue weighted by molar-refractivity contribution is 5.89. The van der Waals surface area contributed by atoms with Crippen LogP contribution in [0.4, 0.5) is 14.9 Å². The van der Waals surface area contributed by atoms with Crippen molar-refractivity contribution in [2.75, 3.05) is 18.4 Å². The van der Waals surface area contributed by atoms with Crippen LogP contribution in [0.25, 0.3) is 11.0 Å². The first-order valence-electron chi connectivity index (χ1n) is 9.83. The van der Waals surface area contributed by atoms with Crippen LogP contribution in [0.2, 0.25) is 0 Å². The molecule has 0 spiro atoms. The fourth-order valence-corrected chi connectivity index (χ4v) is 3.55. The lowest BCUT2D eigenvalue weighted by Crippen LogP contribution is -2.44. The third-order valence-corrected chi connectivity index (χ3v) is 5.18. The highest BCUT2D eigenvalue weighted by Gasteiger charge is 2.35. The normalized spacial score (nSPS) is 18.0. The standard InChI is InChI=1S/C21H22FN5O4/c22-12-5-7-13(8-6-12)23-21(31)24-14-9-10-27(11-14)20(30)18(29)17(28)19-25-15-3-1-2-4-16(15)26-19/h1-8,14,17-18,28-29H,9-11H2,(H,25,26)(H2,23,24,31). The number of hydrogen-bond acceptors (Lipinski definition) is 5. The second-order valence-electron chi connectivity index (χ2n) is 7.40. The second kappa shape index (κ2) is 8.70. The summed E-state index contributed by atoms with van der Waals surface area (Å²) in [6.07, 6.45) is -2.70. The maximum Gasteiger partial charge on any atom is 0.319 e. The number of halogens is 1. The zero-order valence-corrected chi connectivity index (χ0v) is 16.5. The number of amides is 3. The summed E-state index contributed by atoms with van der Waals surface area (Å²) < 4.78 is 12.9. The number of para-hydroxylation sites is 2. The molecule has 4 rings (SSSR count). The summed E-state index contributed by atoms with van der Waals surface area (Å²) in [5, 5.41) is 26.1. The quantitative estimate of drug-likeness (QED) is 0.421. The topological polar surface area (TPSA) is 131 Å². The van der Waals surface area contributed by atoms with E-state index < -0.39 is 30.0 Å². The molecule has 9 nitrogen and oxygen atoms in total. The average molecular weight is 427 g/mol. The molecule has 0 saturated carbocycles. The van der Waals surface area contributed by atoms with Crippen LogP contribution < -0.4 is 10.6 Å². The maximum atomic E-state index is 12.9. The monoisotopic (exact) mass is 427 g/mol. The SMILES string of the molecule is O=C(Nc1ccc(F)cc1)NC1CCN(C(=O)C(O)C(O)c2nc3ccccc3[nH]2)C1. The first-order valence-corrected chi connectivity index (χ1v) is 9.83. The Labute approximate surface area is 176 Å². The number of benzene rings is 2. The fourth-order valence-electron chi connectivity index (χ4n) is 3.55. The highest BCUT2D eigenvalue weighted by atomic mass is 19.1. The summed E-state index contributed by atoms with van der Waals surface area (Å²) >= 11 is 0. The third kappa shape index (κ3) is 4.65. The Kier molecular flexibility index (Phi) is 5.83. The molecule has 0 radical (unpaired) electrons. The number of aromatic amines is 1. The number of nitrogens with one attached hydrogen (secondary N) is 3. The number of imidazole rings is 1. The fraction of sp³-hybridized carbons (Fsp3) is 0.286. The van der Waals surface area contributed by atoms with E-state index in [0.717, 1.165) is 0 Å². The minimum absolute atomic E-state index is 0.106. The van der Waals surface area contributed by atoms with Gasteiger partial charge in [-0.15, -0.1) is 0 Å². The molecule has 0 bridgehead atoms. The lowest BCUT2D eigenvalue weighted by molar-refractivity contribution is -0.145. The molecule has 1 aliphatic rings. The molecule has 2 heterocycles. The number of aliphatic hydroxyl groups excluding tert-OH is 2. The van der Waals surface area contributed by atoms with Crippen molar-refractivity contribution < 1.29 is 24.2 Å². The summed E-state index contributed by atoms with van der Waals surface area (Å²) in [5.41, 5.74) is 1.75. The van der Waals surface area contributed by atoms with Crippen LogP contribution >= 0.6 is 0 Å². The van der Waals surface area contributed by atoms with Crippen molar-refractivity contribution in [2.24, 2.45) is 0 Å². The predicted octanol–water partition coefficient (Wildman–Crippen LogP) is 1.52. The van der Waals surface area contributed by atoms with Crippen molar-refractivity contribution in [2.45, 2.75) is 24.7 Å². The minimum Gasteiger partial charge on any atom is -0.382 e. The van der Waals surface area contributed by atoms with Gasteiger partial charge in [0.1, 0.15) is 17.7 Å². The molecule has 3 amide bonds. The van der Waals surface area contributed by atoms with Gasteiger partial charge >= 0.3 is 6.03 Å². The van der Waals surface area contributed by atoms with Gasteiger partial charge in [-0.2, -0.15) is 0 Å². The summed E-state index contributed by atoms with van der Waals surface area (Å²) in [4.78, 5) is 33.3. The summed E-state index contributed by atoms with van der Waals surface area (Å²) in [6, 6.07) is 11.7. The van der Waals surface area contributed by atoms with Gasteiger partial charge in [-0.1, -0.05) is 12.1 Å². The van der Waals surface area contributed by atoms with E-state index in [-0.39, 0.29) is 18.4 Å². The molecule has 0 aliphatic carbocycles. The van der Waals surface area contributed by atoms with E-state index in [1.165, 1.54) is 29.2 Å². The van der Waals surface area contributed by atoms with Gasteiger partial charge in [0, 0.05) is 24.8 Å². The van der Waals surface area contributed by atoms with Gasteiger partial charge in [-0.3, -0.25) is 4.79 Å². The molecule has 3 unspecified atom stereocenters. The number of rotatable bonds is 5. The average Bonchev–Trinajstić information content (AvgIpc) is 3.40. The summed E-state index contributed by atoms with van der Waals surface area (Å²) in [5.74, 6) is -0.940. The minimum atomic E-state index is -1.69. The van der Waals surface area contributed by atoms with Crippen molar-refractivity contribution in [1.82, 2.24) is 20.2 Å². The lowest BCUT2D eigenvalue weighted by atomic mass is 10.1. The largest absolute Gasteiger partial charge is 0.382 e. The summed E-state index contributed by atoms with van der Waals surface area (Å²) in [6.45, 7) is 0.518. The number of carbonyl (C=O) groups excluding carboxylic acids is 2. The van der Waals surface area contributed by atoms with Gasteiger partial charge in [0.2, 0.25) is 0 Å². The van der Waals surface area contributed by atoms with E-state index in [1.807, 2.05) is 6.07 Å². The molecule has 1 saturated heterocycles. The van der Waals surface area contributed by atoms with E-state index in [4.69, 9.17) is 0 Å². The van der Waals surface area contributed by atoms with Gasteiger partial charge in [0.25, 0.3) is 5.91 Å². The van der Waals surface area contributed by atoms with Crippen LogP contribution in [0.1, 0.15) is 18.3 Å². The number of urea groups is 1. The zero-order valence-electron chi connectivity index (χ0n) is 16.5. The van der Waals surface area contributed by atoms with Crippen LogP contribution in [0, 0.1) is 5.82 Å². The molecule has 162 valence electrons. The summed E-state index contributed by atoms with van der Waals surface area (Å²) in [7, 11) is 0. The van der Waals surface area contributed by atoms with Crippen LogP contribution in [-0.4, -0.2) is 62.3 Å². The Bertz CT molecular complexity index is 1050. The number of carbonyl (C=O) groups is 2. The lowest BCUT2D eigenvalue weighted by Gasteiger charge is -2.22. The van der Waals surface area contributed by atoms with E-state index in [9.17, 15) is 24.2 Å². The van der Waals surface area contributed by atoms with Gasteiger partial charge in [-0.25, -0.2) is 14.2 Å². The molecule has 3 aromatic rings. The number of fused-ring (bicyclic) bond motifs is 1. The molecule has 5 N–H and O–H groups in total. The predicted molar refractivity (Wildman–Crippen MR) is 111 cm³/mol. The van der Waals surface area contributed by atoms with Crippen LogP contribution in [-0.2, 0) is 4.79 Å². The van der Waals surface area contributed by atoms with Gasteiger partial charge in [-0.05, 0) is 42.8 Å². The van der Waals surface area contributed by atoms with Crippen molar-refractivity contribution in [3.8, 4) is 0 Å². The maximum absolute atomic E-state index is 12.9. The number of H-pyrrole nitrogens is 1. The van der Waals surface area contributed by atoms with E-state index >= 15 is 0 Å². The van der Waals surface area contributed by atoms with Crippen LogP contribution in [0.3, 0.4) is 0 Å². The van der Waals surface area contributed by atoms with E-state index in [2.05, 4.69) is 20.6 Å². The molecular weight excluding hydrogens is 405 g/mol. The highest BCUT2D eigenvalue weighted by Crippen LogP contribution is 2.21. The Morgan fingerprint density at radius 3 is 2.65 bits per heavy atom. The molecular formula is C21H22FN5O4.